The fourth-order valence-electron chi connectivity index (χ4n) is 4.18. The Morgan fingerprint density at radius 3 is 2.60 bits per heavy atom. The first-order chi connectivity index (χ1) is 16.8. The van der Waals surface area contributed by atoms with Crippen LogP contribution < -0.4 is 11.2 Å². The number of amides is 1. The van der Waals surface area contributed by atoms with Gasteiger partial charge in [-0.15, -0.1) is 11.3 Å². The zero-order chi connectivity index (χ0) is 25.1. The van der Waals surface area contributed by atoms with Crippen molar-refractivity contribution < 1.29 is 24.2 Å². The number of benzene rings is 1. The van der Waals surface area contributed by atoms with Gasteiger partial charge in [-0.2, -0.15) is 0 Å². The minimum absolute atomic E-state index is 0.146. The molecule has 3 aromatic rings. The van der Waals surface area contributed by atoms with Gasteiger partial charge in [-0.05, 0) is 24.1 Å². The largest absolute Gasteiger partial charge is 0.503 e. The summed E-state index contributed by atoms with van der Waals surface area (Å²) < 4.78 is 13.6. The van der Waals surface area contributed by atoms with Crippen LogP contribution >= 0.6 is 11.3 Å². The first kappa shape index (κ1) is 24.5. The lowest BCUT2D eigenvalue weighted by Gasteiger charge is -2.46. The molecule has 1 unspecified atom stereocenters. The normalized spacial score (nSPS) is 17.3. The molecule has 12 heteroatoms. The Morgan fingerprint density at radius 2 is 1.97 bits per heavy atom. The smallest absolute Gasteiger partial charge is 0.341 e. The number of thiazole rings is 1. The predicted octanol–water partition coefficient (Wildman–Crippen LogP) is 1.68. The molecule has 0 bridgehead atoms. The quantitative estimate of drug-likeness (QED) is 0.490. The average Bonchev–Trinajstić information content (AvgIpc) is 3.36. The van der Waals surface area contributed by atoms with Crippen LogP contribution in [0.2, 0.25) is 0 Å². The van der Waals surface area contributed by atoms with E-state index in [0.717, 1.165) is 29.7 Å². The van der Waals surface area contributed by atoms with E-state index < -0.39 is 28.6 Å². The van der Waals surface area contributed by atoms with E-state index in [4.69, 9.17) is 5.73 Å². The molecule has 184 valence electrons. The van der Waals surface area contributed by atoms with Gasteiger partial charge in [0, 0.05) is 37.4 Å². The topological polar surface area (TPSA) is 142 Å². The second kappa shape index (κ2) is 10.3. The summed E-state index contributed by atoms with van der Waals surface area (Å²) >= 11 is 1.53. The molecule has 0 aliphatic carbocycles. The molecule has 35 heavy (non-hydrogen) atoms. The van der Waals surface area contributed by atoms with Crippen LogP contribution in [-0.4, -0.2) is 60.7 Å². The summed E-state index contributed by atoms with van der Waals surface area (Å²) in [5.41, 5.74) is 4.50. The minimum atomic E-state index is -1.43. The van der Waals surface area contributed by atoms with Gasteiger partial charge in [-0.25, -0.2) is 14.2 Å². The lowest BCUT2D eigenvalue weighted by Crippen LogP contribution is -2.60. The maximum atomic E-state index is 12.9. The van der Waals surface area contributed by atoms with Crippen molar-refractivity contribution in [3.05, 3.63) is 79.9 Å². The van der Waals surface area contributed by atoms with Crippen molar-refractivity contribution in [1.82, 2.24) is 19.4 Å². The molecule has 2 aliphatic heterocycles. The number of rotatable bonds is 4. The molecule has 4 heterocycles. The molecule has 0 spiro atoms. The highest BCUT2D eigenvalue weighted by atomic mass is 32.1. The molecule has 1 amide bonds. The Bertz CT molecular complexity index is 1280. The van der Waals surface area contributed by atoms with Gasteiger partial charge in [0.15, 0.2) is 11.4 Å². The van der Waals surface area contributed by atoms with Gasteiger partial charge in [0.05, 0.1) is 13.1 Å². The summed E-state index contributed by atoms with van der Waals surface area (Å²) in [7, 11) is 0. The highest BCUT2D eigenvalue weighted by Gasteiger charge is 2.40. The molecule has 5 rings (SSSR count). The number of carbonyl (C=O) groups excluding carboxylic acids is 1. The Kier molecular flexibility index (Phi) is 7.24. The van der Waals surface area contributed by atoms with E-state index in [0.29, 0.717) is 19.6 Å². The number of aromatic carboxylic acids is 1. The van der Waals surface area contributed by atoms with Crippen LogP contribution in [0.25, 0.3) is 0 Å². The number of carbonyl (C=O) groups is 2. The van der Waals surface area contributed by atoms with E-state index in [1.54, 1.807) is 23.2 Å². The monoisotopic (exact) mass is 501 g/mol. The summed E-state index contributed by atoms with van der Waals surface area (Å²) in [6.45, 7) is 2.63. The number of nitrogens with zero attached hydrogens (tertiary/aromatic N) is 4. The van der Waals surface area contributed by atoms with Crippen molar-refractivity contribution in [2.75, 3.05) is 13.1 Å². The van der Waals surface area contributed by atoms with Gasteiger partial charge in [-0.3, -0.25) is 14.5 Å². The summed E-state index contributed by atoms with van der Waals surface area (Å²) in [5.74, 6) is -2.91. The molecular formula is C23H24FN5O5S. The maximum Gasteiger partial charge on any atom is 0.341 e. The fourth-order valence-corrected chi connectivity index (χ4v) is 4.82. The van der Waals surface area contributed by atoms with E-state index in [9.17, 15) is 29.0 Å². The highest BCUT2D eigenvalue weighted by molar-refractivity contribution is 7.09. The lowest BCUT2D eigenvalue weighted by molar-refractivity contribution is -0.0140. The number of nitrogens with two attached hydrogens (primary N) is 1. The second-order valence-electron chi connectivity index (χ2n) is 8.09. The number of aromatic hydroxyl groups is 1. The second-order valence-corrected chi connectivity index (χ2v) is 9.07. The van der Waals surface area contributed by atoms with Crippen LogP contribution in [0.5, 0.6) is 5.75 Å². The Morgan fingerprint density at radius 1 is 1.23 bits per heavy atom. The van der Waals surface area contributed by atoms with Crippen molar-refractivity contribution in [2.45, 2.75) is 32.2 Å². The van der Waals surface area contributed by atoms with Crippen LogP contribution in [0.3, 0.4) is 0 Å². The molecule has 1 atom stereocenters. The third-order valence-electron chi connectivity index (χ3n) is 5.91. The summed E-state index contributed by atoms with van der Waals surface area (Å²) in [6.07, 6.45) is 3.36. The highest BCUT2D eigenvalue weighted by Crippen LogP contribution is 2.29. The van der Waals surface area contributed by atoms with Gasteiger partial charge < -0.3 is 25.4 Å². The molecule has 2 aromatic heterocycles. The van der Waals surface area contributed by atoms with E-state index in [-0.39, 0.29) is 24.2 Å². The zero-order valence-electron chi connectivity index (χ0n) is 18.6. The van der Waals surface area contributed by atoms with Crippen LogP contribution in [-0.2, 0) is 19.6 Å². The van der Waals surface area contributed by atoms with Crippen LogP contribution in [0.1, 0.15) is 37.8 Å². The van der Waals surface area contributed by atoms with Crippen molar-refractivity contribution in [3.63, 3.8) is 0 Å². The first-order valence-electron chi connectivity index (χ1n) is 10.9. The third kappa shape index (κ3) is 5.09. The number of halogens is 1. The number of carboxylic acid groups (broad SMARTS) is 1. The van der Waals surface area contributed by atoms with E-state index in [2.05, 4.69) is 9.88 Å². The van der Waals surface area contributed by atoms with Crippen LogP contribution in [0.4, 0.5) is 4.39 Å². The maximum absolute atomic E-state index is 12.9. The number of pyridine rings is 1. The Hall–Kier alpha value is -3.61. The SMILES string of the molecule is NCc1ccc(F)cc1.O=C(O)c1cn2c(c(O)c1=O)C(=O)N1CCCN(Cc3nccs3)C1C2. The molecule has 1 fully saturated rings. The molecule has 1 aromatic carbocycles. The standard InChI is InChI=1S/C16H16N4O5S.C7H8FN/c21-13-9(16(24)25)6-19-8-11-18(7-10-17-2-5-26-10)3-1-4-20(11)15(23)12(19)14(13)22;8-7-3-1-6(5-9)2-4-7/h2,5-6,11,22H,1,3-4,7-8H2,(H,24,25);1-4H,5,9H2. The molecule has 0 saturated carbocycles. The summed E-state index contributed by atoms with van der Waals surface area (Å²) in [4.78, 5) is 44.2. The first-order valence-corrected chi connectivity index (χ1v) is 11.8. The fraction of sp³-hybridized carbons (Fsp3) is 0.304. The van der Waals surface area contributed by atoms with Gasteiger partial charge in [0.1, 0.15) is 22.6 Å². The average molecular weight is 502 g/mol. The number of aromatic nitrogens is 2. The molecule has 10 nitrogen and oxygen atoms in total. The van der Waals surface area contributed by atoms with Gasteiger partial charge in [0.25, 0.3) is 5.91 Å². The van der Waals surface area contributed by atoms with Crippen molar-refractivity contribution in [2.24, 2.45) is 5.73 Å². The molecule has 0 radical (unpaired) electrons. The molecular weight excluding hydrogens is 477 g/mol. The van der Waals surface area contributed by atoms with Crippen molar-refractivity contribution in [3.8, 4) is 5.75 Å². The van der Waals surface area contributed by atoms with Gasteiger partial charge >= 0.3 is 5.97 Å². The molecule has 4 N–H and O–H groups in total. The zero-order valence-corrected chi connectivity index (χ0v) is 19.4. The molecule has 2 aliphatic rings. The van der Waals surface area contributed by atoms with Crippen molar-refractivity contribution in [1.29, 1.82) is 0 Å². The van der Waals surface area contributed by atoms with Gasteiger partial charge in [0.2, 0.25) is 5.43 Å². The van der Waals surface area contributed by atoms with Gasteiger partial charge in [-0.1, -0.05) is 12.1 Å². The number of hydrogen-bond acceptors (Lipinski definition) is 8. The Labute approximate surface area is 203 Å². The number of carboxylic acids is 1. The van der Waals surface area contributed by atoms with Crippen molar-refractivity contribution >= 4 is 23.2 Å². The summed E-state index contributed by atoms with van der Waals surface area (Å²) in [5, 5.41) is 22.1. The predicted molar refractivity (Wildman–Crippen MR) is 126 cm³/mol. The van der Waals surface area contributed by atoms with E-state index in [1.807, 2.05) is 5.38 Å². The lowest BCUT2D eigenvalue weighted by atomic mass is 10.1. The third-order valence-corrected chi connectivity index (χ3v) is 6.67. The minimum Gasteiger partial charge on any atom is -0.503 e. The van der Waals surface area contributed by atoms with Crippen LogP contribution in [0, 0.1) is 5.82 Å². The number of hydrogen-bond donors (Lipinski definition) is 3. The summed E-state index contributed by atoms with van der Waals surface area (Å²) in [6, 6.07) is 6.16. The van der Waals surface area contributed by atoms with E-state index >= 15 is 0 Å². The van der Waals surface area contributed by atoms with Crippen LogP contribution in [0.15, 0.2) is 46.8 Å². The number of fused-ring (bicyclic) bond motifs is 2. The molecule has 1 saturated heterocycles. The van der Waals surface area contributed by atoms with E-state index in [1.165, 1.54) is 28.0 Å². The Balaban J connectivity index is 0.000000271.